The van der Waals surface area contributed by atoms with Gasteiger partial charge in [-0.05, 0) is 42.9 Å². The Kier molecular flexibility index (Phi) is 5.31. The standard InChI is InChI=1S/C17H19N3O6S2/c1-9-3-5-11-14(7-9)27-17(15(11)16(18)21)19-28(24,25)10-4-6-13(26-2)12(8-10)20(22)23/h4,6,8-9,19H,3,5,7H2,1-2H3,(H2,18,21)/t9-/m1/s1. The molecule has 1 aliphatic rings. The van der Waals surface area contributed by atoms with Crippen LogP contribution in [-0.2, 0) is 22.9 Å². The molecule has 0 saturated carbocycles. The highest BCUT2D eigenvalue weighted by Crippen LogP contribution is 2.40. The molecule has 1 aromatic heterocycles. The summed E-state index contributed by atoms with van der Waals surface area (Å²) in [6.45, 7) is 2.09. The van der Waals surface area contributed by atoms with Crippen LogP contribution in [0.2, 0.25) is 0 Å². The molecule has 0 radical (unpaired) electrons. The normalized spacial score (nSPS) is 16.3. The molecule has 1 atom stereocenters. The van der Waals surface area contributed by atoms with Crippen LogP contribution in [-0.4, -0.2) is 26.4 Å². The second kappa shape index (κ2) is 7.40. The summed E-state index contributed by atoms with van der Waals surface area (Å²) in [5.74, 6) is -0.326. The van der Waals surface area contributed by atoms with Gasteiger partial charge in [-0.1, -0.05) is 6.92 Å². The Morgan fingerprint density at radius 3 is 2.75 bits per heavy atom. The molecule has 150 valence electrons. The minimum absolute atomic E-state index is 0.0534. The quantitative estimate of drug-likeness (QED) is 0.538. The number of fused-ring (bicyclic) bond motifs is 1. The number of nitrogens with two attached hydrogens (primary N) is 1. The number of thiophene rings is 1. The minimum Gasteiger partial charge on any atom is -0.490 e. The molecular weight excluding hydrogens is 406 g/mol. The third kappa shape index (κ3) is 3.67. The summed E-state index contributed by atoms with van der Waals surface area (Å²) in [5.41, 5.74) is 6.00. The average molecular weight is 425 g/mol. The molecule has 0 saturated heterocycles. The summed E-state index contributed by atoms with van der Waals surface area (Å²) in [5, 5.41) is 11.3. The largest absolute Gasteiger partial charge is 0.490 e. The summed E-state index contributed by atoms with van der Waals surface area (Å²) in [6.07, 6.45) is 2.29. The number of amides is 1. The molecule has 1 aromatic carbocycles. The monoisotopic (exact) mass is 425 g/mol. The SMILES string of the molecule is COc1ccc(S(=O)(=O)Nc2sc3c(c2C(N)=O)CC[C@@H](C)C3)cc1[N+](=O)[O-]. The van der Waals surface area contributed by atoms with Crippen molar-refractivity contribution in [1.29, 1.82) is 0 Å². The van der Waals surface area contributed by atoms with E-state index in [0.717, 1.165) is 29.3 Å². The van der Waals surface area contributed by atoms with Crippen LogP contribution in [0, 0.1) is 16.0 Å². The maximum absolute atomic E-state index is 12.8. The van der Waals surface area contributed by atoms with Crippen molar-refractivity contribution < 1.29 is 22.9 Å². The van der Waals surface area contributed by atoms with Gasteiger partial charge >= 0.3 is 5.69 Å². The van der Waals surface area contributed by atoms with Crippen molar-refractivity contribution in [2.45, 2.75) is 31.1 Å². The number of anilines is 1. The fourth-order valence-electron chi connectivity index (χ4n) is 3.24. The van der Waals surface area contributed by atoms with E-state index in [9.17, 15) is 23.3 Å². The number of carbonyl (C=O) groups excluding carboxylic acids is 1. The van der Waals surface area contributed by atoms with Crippen LogP contribution in [0.5, 0.6) is 5.75 Å². The Balaban J connectivity index is 2.03. The van der Waals surface area contributed by atoms with Crippen molar-refractivity contribution in [3.63, 3.8) is 0 Å². The molecule has 0 bridgehead atoms. The van der Waals surface area contributed by atoms with E-state index in [1.54, 1.807) is 0 Å². The van der Waals surface area contributed by atoms with Gasteiger partial charge in [-0.15, -0.1) is 11.3 Å². The second-order valence-corrected chi connectivity index (χ2v) is 9.40. The van der Waals surface area contributed by atoms with Gasteiger partial charge in [0.15, 0.2) is 5.75 Å². The van der Waals surface area contributed by atoms with E-state index < -0.39 is 26.5 Å². The van der Waals surface area contributed by atoms with Crippen LogP contribution in [0.25, 0.3) is 0 Å². The molecule has 2 aromatic rings. The summed E-state index contributed by atoms with van der Waals surface area (Å²) in [6, 6.07) is 3.33. The topological polar surface area (TPSA) is 142 Å². The zero-order chi connectivity index (χ0) is 20.6. The number of hydrogen-bond donors (Lipinski definition) is 2. The van der Waals surface area contributed by atoms with E-state index in [1.807, 2.05) is 0 Å². The zero-order valence-corrected chi connectivity index (χ0v) is 16.9. The van der Waals surface area contributed by atoms with Crippen molar-refractivity contribution in [3.05, 3.63) is 44.3 Å². The summed E-state index contributed by atoms with van der Waals surface area (Å²) in [4.78, 5) is 23.1. The molecule has 1 heterocycles. The molecule has 9 nitrogen and oxygen atoms in total. The van der Waals surface area contributed by atoms with E-state index in [1.165, 1.54) is 30.6 Å². The molecule has 1 amide bonds. The van der Waals surface area contributed by atoms with Crippen molar-refractivity contribution in [3.8, 4) is 5.75 Å². The Bertz CT molecular complexity index is 1060. The Morgan fingerprint density at radius 1 is 1.43 bits per heavy atom. The highest BCUT2D eigenvalue weighted by Gasteiger charge is 2.29. The smallest absolute Gasteiger partial charge is 0.312 e. The van der Waals surface area contributed by atoms with Crippen molar-refractivity contribution in [2.75, 3.05) is 11.8 Å². The van der Waals surface area contributed by atoms with Crippen LogP contribution >= 0.6 is 11.3 Å². The third-order valence-corrected chi connectivity index (χ3v) is 7.29. The van der Waals surface area contributed by atoms with E-state index in [0.29, 0.717) is 12.3 Å². The Hall–Kier alpha value is -2.66. The number of nitro benzene ring substituents is 1. The fraction of sp³-hybridized carbons (Fsp3) is 0.353. The lowest BCUT2D eigenvalue weighted by molar-refractivity contribution is -0.386. The Labute approximate surface area is 165 Å². The summed E-state index contributed by atoms with van der Waals surface area (Å²) < 4.78 is 32.9. The van der Waals surface area contributed by atoms with Gasteiger partial charge in [0.25, 0.3) is 15.9 Å². The number of nitrogens with zero attached hydrogens (tertiary/aromatic N) is 1. The molecular formula is C17H19N3O6S2. The van der Waals surface area contributed by atoms with Crippen LogP contribution in [0.15, 0.2) is 23.1 Å². The molecule has 3 N–H and O–H groups in total. The molecule has 3 rings (SSSR count). The van der Waals surface area contributed by atoms with Gasteiger partial charge in [0.05, 0.1) is 22.5 Å². The number of hydrogen-bond acceptors (Lipinski definition) is 7. The molecule has 28 heavy (non-hydrogen) atoms. The first-order valence-corrected chi connectivity index (χ1v) is 10.7. The predicted octanol–water partition coefficient (Wildman–Crippen LogP) is 2.69. The number of rotatable bonds is 6. The summed E-state index contributed by atoms with van der Waals surface area (Å²) >= 11 is 1.18. The van der Waals surface area contributed by atoms with Gasteiger partial charge in [0.2, 0.25) is 0 Å². The Morgan fingerprint density at radius 2 is 2.14 bits per heavy atom. The van der Waals surface area contributed by atoms with Gasteiger partial charge in [-0.2, -0.15) is 0 Å². The number of nitro groups is 1. The molecule has 0 unspecified atom stereocenters. The van der Waals surface area contributed by atoms with Gasteiger partial charge in [-0.25, -0.2) is 8.42 Å². The average Bonchev–Trinajstić information content (AvgIpc) is 2.97. The van der Waals surface area contributed by atoms with Gasteiger partial charge in [0.1, 0.15) is 5.00 Å². The number of ether oxygens (including phenoxy) is 1. The fourth-order valence-corrected chi connectivity index (χ4v) is 5.99. The molecule has 0 spiro atoms. The van der Waals surface area contributed by atoms with E-state index in [-0.39, 0.29) is 21.2 Å². The van der Waals surface area contributed by atoms with Crippen molar-refractivity contribution in [1.82, 2.24) is 0 Å². The number of primary amides is 1. The molecule has 0 aliphatic heterocycles. The number of carbonyl (C=O) groups is 1. The highest BCUT2D eigenvalue weighted by atomic mass is 32.2. The molecule has 11 heteroatoms. The first kappa shape index (κ1) is 20.1. The van der Waals surface area contributed by atoms with Crippen molar-refractivity contribution >= 4 is 38.0 Å². The van der Waals surface area contributed by atoms with Gasteiger partial charge in [0, 0.05) is 10.9 Å². The van der Waals surface area contributed by atoms with Crippen molar-refractivity contribution in [2.24, 2.45) is 11.7 Å². The lowest BCUT2D eigenvalue weighted by Gasteiger charge is -2.18. The predicted molar refractivity (Wildman–Crippen MR) is 104 cm³/mol. The number of sulfonamides is 1. The zero-order valence-electron chi connectivity index (χ0n) is 15.2. The van der Waals surface area contributed by atoms with E-state index in [4.69, 9.17) is 10.5 Å². The maximum atomic E-state index is 12.8. The van der Waals surface area contributed by atoms with Crippen LogP contribution in [0.1, 0.15) is 34.1 Å². The highest BCUT2D eigenvalue weighted by molar-refractivity contribution is 7.93. The third-order valence-electron chi connectivity index (χ3n) is 4.64. The van der Waals surface area contributed by atoms with Gasteiger partial charge in [-0.3, -0.25) is 19.6 Å². The number of benzene rings is 1. The van der Waals surface area contributed by atoms with E-state index >= 15 is 0 Å². The molecule has 0 fully saturated rings. The number of methoxy groups -OCH3 is 1. The maximum Gasteiger partial charge on any atom is 0.312 e. The van der Waals surface area contributed by atoms with Crippen LogP contribution in [0.3, 0.4) is 0 Å². The molecule has 1 aliphatic carbocycles. The lowest BCUT2D eigenvalue weighted by Crippen LogP contribution is -2.19. The lowest BCUT2D eigenvalue weighted by atomic mass is 9.88. The minimum atomic E-state index is -4.17. The first-order chi connectivity index (χ1) is 13.1. The summed E-state index contributed by atoms with van der Waals surface area (Å²) in [7, 11) is -2.92. The number of nitrogens with one attached hydrogen (secondary N) is 1. The van der Waals surface area contributed by atoms with Crippen LogP contribution < -0.4 is 15.2 Å². The van der Waals surface area contributed by atoms with E-state index in [2.05, 4.69) is 11.6 Å². The first-order valence-electron chi connectivity index (χ1n) is 8.43. The van der Waals surface area contributed by atoms with Crippen LogP contribution in [0.4, 0.5) is 10.7 Å². The second-order valence-electron chi connectivity index (χ2n) is 6.62. The van der Waals surface area contributed by atoms with Gasteiger partial charge < -0.3 is 10.5 Å².